The van der Waals surface area contributed by atoms with E-state index in [4.69, 9.17) is 4.74 Å². The Morgan fingerprint density at radius 1 is 1.12 bits per heavy atom. The smallest absolute Gasteiger partial charge is 0.323 e. The van der Waals surface area contributed by atoms with Gasteiger partial charge in [0.05, 0.1) is 11.1 Å². The van der Waals surface area contributed by atoms with E-state index in [1.165, 1.54) is 0 Å². The van der Waals surface area contributed by atoms with E-state index < -0.39 is 5.41 Å². The molecule has 0 rings (SSSR count). The van der Waals surface area contributed by atoms with Crippen molar-refractivity contribution in [1.82, 2.24) is 5.32 Å². The first-order valence-corrected chi connectivity index (χ1v) is 9.20. The maximum absolute atomic E-state index is 12.4. The van der Waals surface area contributed by atoms with Crippen LogP contribution in [0.5, 0.6) is 0 Å². The molecule has 0 aromatic heterocycles. The van der Waals surface area contributed by atoms with Crippen molar-refractivity contribution in [2.75, 3.05) is 20.2 Å². The molecule has 0 spiro atoms. The van der Waals surface area contributed by atoms with Gasteiger partial charge in [0, 0.05) is 6.54 Å². The maximum atomic E-state index is 12.4. The van der Waals surface area contributed by atoms with E-state index in [9.17, 15) is 9.59 Å². The van der Waals surface area contributed by atoms with E-state index in [1.54, 1.807) is 6.92 Å². The number of ether oxygens (including phenoxy) is 1. The van der Waals surface area contributed by atoms with Crippen molar-refractivity contribution < 1.29 is 19.2 Å². The number of carbonyl (C=O) groups is 2. The van der Waals surface area contributed by atoms with Crippen LogP contribution in [0.3, 0.4) is 0 Å². The molecule has 0 aliphatic carbocycles. The van der Waals surface area contributed by atoms with Crippen LogP contribution in [0.2, 0.25) is 0 Å². The van der Waals surface area contributed by atoms with Crippen molar-refractivity contribution in [3.63, 3.8) is 0 Å². The number of nitrogens with zero attached hydrogens (tertiary/aromatic N) is 1. The van der Waals surface area contributed by atoms with Crippen LogP contribution in [-0.4, -0.2) is 38.4 Å². The first-order chi connectivity index (χ1) is 11.7. The quantitative estimate of drug-likeness (QED) is 0.173. The summed E-state index contributed by atoms with van der Waals surface area (Å²) >= 11 is 0. The Hall–Kier alpha value is -1.43. The van der Waals surface area contributed by atoms with Gasteiger partial charge in [-0.1, -0.05) is 53.6 Å². The number of rotatable bonds is 8. The number of oxime groups is 1. The van der Waals surface area contributed by atoms with E-state index in [1.807, 2.05) is 20.9 Å². The van der Waals surface area contributed by atoms with Crippen LogP contribution < -0.4 is 5.32 Å². The standard InChI is InChI=1S/C15H31NO2.C5H9NO2/c1-13(2,3)11-15(7,14(4,5)6)12(17)18-10-9-16-8;1-3-5(2)6-8-4-7/h16H,9-11H2,1-8H3;4H,3H2,1-2H3/b;6-5-. The zero-order valence-electron chi connectivity index (χ0n) is 18.5. The van der Waals surface area contributed by atoms with Gasteiger partial charge >= 0.3 is 12.4 Å². The molecule has 1 N–H and O–H groups in total. The highest BCUT2D eigenvalue weighted by Gasteiger charge is 2.47. The first-order valence-electron chi connectivity index (χ1n) is 9.20. The lowest BCUT2D eigenvalue weighted by atomic mass is 9.61. The molecule has 0 bridgehead atoms. The molecule has 0 aliphatic heterocycles. The van der Waals surface area contributed by atoms with Gasteiger partial charge in [-0.05, 0) is 44.6 Å². The van der Waals surface area contributed by atoms with Gasteiger partial charge in [-0.25, -0.2) is 0 Å². The molecule has 1 unspecified atom stereocenters. The van der Waals surface area contributed by atoms with Crippen molar-refractivity contribution in [2.24, 2.45) is 21.4 Å². The second-order valence-corrected chi connectivity index (χ2v) is 8.94. The Balaban J connectivity index is 0. The summed E-state index contributed by atoms with van der Waals surface area (Å²) in [5, 5.41) is 6.39. The minimum absolute atomic E-state index is 0.0832. The lowest BCUT2D eigenvalue weighted by Crippen LogP contribution is -2.44. The van der Waals surface area contributed by atoms with Crippen molar-refractivity contribution in [3.05, 3.63) is 0 Å². The topological polar surface area (TPSA) is 77.0 Å². The Morgan fingerprint density at radius 3 is 2.00 bits per heavy atom. The number of hydrogen-bond donors (Lipinski definition) is 1. The number of esters is 1. The molecule has 6 heteroatoms. The van der Waals surface area contributed by atoms with Crippen molar-refractivity contribution in [3.8, 4) is 0 Å². The summed E-state index contributed by atoms with van der Waals surface area (Å²) in [5.41, 5.74) is 0.345. The second kappa shape index (κ2) is 12.0. The summed E-state index contributed by atoms with van der Waals surface area (Å²) in [6, 6.07) is 0. The van der Waals surface area contributed by atoms with Crippen LogP contribution in [0, 0.1) is 16.2 Å². The van der Waals surface area contributed by atoms with Gasteiger partial charge < -0.3 is 14.9 Å². The molecule has 0 aromatic rings. The van der Waals surface area contributed by atoms with Gasteiger partial charge in [0.15, 0.2) is 0 Å². The molecule has 6 nitrogen and oxygen atoms in total. The van der Waals surface area contributed by atoms with Crippen molar-refractivity contribution >= 4 is 18.2 Å². The average molecular weight is 373 g/mol. The monoisotopic (exact) mass is 372 g/mol. The summed E-state index contributed by atoms with van der Waals surface area (Å²) in [6.07, 6.45) is 1.63. The van der Waals surface area contributed by atoms with E-state index in [0.717, 1.165) is 18.6 Å². The maximum Gasteiger partial charge on any atom is 0.323 e. The van der Waals surface area contributed by atoms with Crippen molar-refractivity contribution in [2.45, 2.75) is 75.2 Å². The highest BCUT2D eigenvalue weighted by molar-refractivity contribution is 5.81. The average Bonchev–Trinajstić information content (AvgIpc) is 2.50. The normalized spacial score (nSPS) is 14.6. The Morgan fingerprint density at radius 2 is 1.65 bits per heavy atom. The fraction of sp³-hybridized carbons (Fsp3) is 0.850. The largest absolute Gasteiger partial charge is 0.464 e. The van der Waals surface area contributed by atoms with Crippen LogP contribution in [0.4, 0.5) is 0 Å². The molecule has 0 radical (unpaired) electrons. The number of nitrogens with one attached hydrogen (secondary N) is 1. The van der Waals surface area contributed by atoms with Crippen LogP contribution >= 0.6 is 0 Å². The summed E-state index contributed by atoms with van der Waals surface area (Å²) in [5.74, 6) is -0.0832. The zero-order chi connectivity index (χ0) is 21.0. The molecule has 0 amide bonds. The van der Waals surface area contributed by atoms with Gasteiger partial charge in [-0.15, -0.1) is 0 Å². The minimum atomic E-state index is -0.459. The van der Waals surface area contributed by atoms with Crippen LogP contribution in [0.25, 0.3) is 0 Å². The lowest BCUT2D eigenvalue weighted by molar-refractivity contribution is -0.164. The van der Waals surface area contributed by atoms with Gasteiger partial charge in [0.1, 0.15) is 6.61 Å². The molecule has 0 fully saturated rings. The second-order valence-electron chi connectivity index (χ2n) is 8.94. The van der Waals surface area contributed by atoms with E-state index >= 15 is 0 Å². The summed E-state index contributed by atoms with van der Waals surface area (Å²) in [4.78, 5) is 26.0. The predicted molar refractivity (Wildman–Crippen MR) is 107 cm³/mol. The summed E-state index contributed by atoms with van der Waals surface area (Å²) in [6.45, 7) is 20.0. The molecule has 0 heterocycles. The number of hydrogen-bond acceptors (Lipinski definition) is 6. The van der Waals surface area contributed by atoms with Gasteiger partial charge in [-0.2, -0.15) is 0 Å². The summed E-state index contributed by atoms with van der Waals surface area (Å²) < 4.78 is 5.42. The summed E-state index contributed by atoms with van der Waals surface area (Å²) in [7, 11) is 1.85. The zero-order valence-corrected chi connectivity index (χ0v) is 18.5. The van der Waals surface area contributed by atoms with Crippen LogP contribution in [-0.2, 0) is 19.2 Å². The molecule has 0 saturated carbocycles. The van der Waals surface area contributed by atoms with E-state index in [-0.39, 0.29) is 16.8 Å². The predicted octanol–water partition coefficient (Wildman–Crippen LogP) is 4.18. The molecule has 0 saturated heterocycles. The number of carbonyl (C=O) groups excluding carboxylic acids is 2. The van der Waals surface area contributed by atoms with Crippen LogP contribution in [0.15, 0.2) is 5.16 Å². The molecule has 154 valence electrons. The molecule has 0 aliphatic rings. The van der Waals surface area contributed by atoms with Gasteiger partial charge in [0.25, 0.3) is 0 Å². The van der Waals surface area contributed by atoms with Gasteiger partial charge in [0.2, 0.25) is 0 Å². The van der Waals surface area contributed by atoms with E-state index in [0.29, 0.717) is 19.6 Å². The van der Waals surface area contributed by atoms with Gasteiger partial charge in [-0.3, -0.25) is 9.59 Å². The Bertz CT molecular complexity index is 448. The lowest BCUT2D eigenvalue weighted by Gasteiger charge is -2.43. The molecular formula is C20H40N2O4. The first kappa shape index (κ1) is 26.8. The highest BCUT2D eigenvalue weighted by Crippen LogP contribution is 2.47. The number of likely N-dealkylation sites (N-methyl/N-ethyl adjacent to an activating group) is 1. The van der Waals surface area contributed by atoms with Crippen molar-refractivity contribution in [1.29, 1.82) is 0 Å². The minimum Gasteiger partial charge on any atom is -0.464 e. The molecule has 1 atom stereocenters. The Kier molecular flexibility index (Phi) is 12.4. The molecule has 26 heavy (non-hydrogen) atoms. The Labute approximate surface area is 160 Å². The fourth-order valence-corrected chi connectivity index (χ4v) is 2.29. The van der Waals surface area contributed by atoms with Crippen LogP contribution in [0.1, 0.15) is 75.2 Å². The highest BCUT2D eigenvalue weighted by atomic mass is 16.7. The SMILES string of the molecule is CC/C(C)=N\OC=O.CNCCOC(=O)C(C)(CC(C)(C)C)C(C)(C)C. The molecular weight excluding hydrogens is 332 g/mol. The van der Waals surface area contributed by atoms with E-state index in [2.05, 4.69) is 56.9 Å². The fourth-order valence-electron chi connectivity index (χ4n) is 2.29. The third kappa shape index (κ3) is 11.2. The third-order valence-electron chi connectivity index (χ3n) is 4.34. The molecule has 0 aromatic carbocycles. The third-order valence-corrected chi connectivity index (χ3v) is 4.34.